The van der Waals surface area contributed by atoms with Crippen molar-refractivity contribution < 1.29 is 27.5 Å². The van der Waals surface area contributed by atoms with Crippen LogP contribution in [0.4, 0.5) is 0 Å². The second kappa shape index (κ2) is 7.21. The molecule has 1 aliphatic carbocycles. The van der Waals surface area contributed by atoms with Crippen LogP contribution in [0.15, 0.2) is 52.8 Å². The molecule has 1 aliphatic heterocycles. The van der Waals surface area contributed by atoms with E-state index in [1.54, 1.807) is 32.9 Å². The standard InChI is InChI=1S/C25H23NO3/c1-5-26-21-13-23-20(11-16(21)4)24(17-8-6-7-9-18(17)25(27)28)19-10-14(2)15(3)12-22(19)29-23/h6-13H,5H2,1-4H3,(H,27,28)/p+1/i6D,7D,8D,9D,12D,13D. The number of carboxylic acids is 1. The van der Waals surface area contributed by atoms with Gasteiger partial charge in [0.2, 0.25) is 5.36 Å². The van der Waals surface area contributed by atoms with Gasteiger partial charge in [-0.2, -0.15) is 0 Å². The van der Waals surface area contributed by atoms with E-state index in [2.05, 4.69) is 4.99 Å². The number of nitrogens with one attached hydrogen (secondary N) is 1. The van der Waals surface area contributed by atoms with Crippen molar-refractivity contribution in [3.05, 3.63) is 76.0 Å². The molecular formula is C25H24NO3+. The van der Waals surface area contributed by atoms with Gasteiger partial charge < -0.3 is 9.52 Å². The summed E-state index contributed by atoms with van der Waals surface area (Å²) in [6, 6.07) is 1.12. The second-order valence-electron chi connectivity index (χ2n) is 6.95. The molecule has 0 saturated heterocycles. The van der Waals surface area contributed by atoms with Gasteiger partial charge >= 0.3 is 5.97 Å². The first-order valence-electron chi connectivity index (χ1n) is 12.3. The molecule has 146 valence electrons. The SMILES string of the molecule is [2H]c1c([2H])c([2H])c(-c2c3cc(C)c(=[NH+]CC)c([2H])c-3oc3c([2H])c(C)c(C)cc23)c(C(=O)O)c1[2H]. The molecule has 2 N–H and O–H groups in total. The van der Waals surface area contributed by atoms with E-state index in [4.69, 9.17) is 12.6 Å². The van der Waals surface area contributed by atoms with Crippen molar-refractivity contribution >= 4 is 16.9 Å². The van der Waals surface area contributed by atoms with Crippen molar-refractivity contribution in [3.63, 3.8) is 0 Å². The highest BCUT2D eigenvalue weighted by Gasteiger charge is 2.22. The molecule has 4 heteroatoms. The lowest BCUT2D eigenvalue weighted by atomic mass is 9.89. The van der Waals surface area contributed by atoms with Gasteiger partial charge in [-0.25, -0.2) is 9.79 Å². The molecule has 0 atom stereocenters. The minimum atomic E-state index is -1.50. The summed E-state index contributed by atoms with van der Waals surface area (Å²) in [6.45, 7) is 7.79. The summed E-state index contributed by atoms with van der Waals surface area (Å²) in [5.41, 5.74) is 1.93. The van der Waals surface area contributed by atoms with Crippen molar-refractivity contribution in [1.29, 1.82) is 0 Å². The summed E-state index contributed by atoms with van der Waals surface area (Å²) >= 11 is 0. The third-order valence-corrected chi connectivity index (χ3v) is 4.98. The Kier molecular flexibility index (Phi) is 3.22. The molecule has 2 aromatic carbocycles. The van der Waals surface area contributed by atoms with E-state index in [-0.39, 0.29) is 34.6 Å². The summed E-state index contributed by atoms with van der Waals surface area (Å²) in [5, 5.41) is 10.9. The first-order valence-corrected chi connectivity index (χ1v) is 9.30. The van der Waals surface area contributed by atoms with E-state index in [1.165, 1.54) is 0 Å². The molecule has 1 heterocycles. The molecule has 0 radical (unpaired) electrons. The Bertz CT molecular complexity index is 1610. The average molecular weight is 393 g/mol. The maximum absolute atomic E-state index is 12.3. The van der Waals surface area contributed by atoms with Crippen molar-refractivity contribution in [2.45, 2.75) is 27.7 Å². The predicted octanol–water partition coefficient (Wildman–Crippen LogP) is 3.83. The molecule has 29 heavy (non-hydrogen) atoms. The number of carbonyl (C=O) groups is 1. The molecule has 0 spiro atoms. The molecule has 0 fully saturated rings. The predicted molar refractivity (Wildman–Crippen MR) is 114 cm³/mol. The Labute approximate surface area is 177 Å². The summed E-state index contributed by atoms with van der Waals surface area (Å²) in [7, 11) is 0. The first-order chi connectivity index (χ1) is 16.4. The van der Waals surface area contributed by atoms with Gasteiger partial charge in [0.1, 0.15) is 17.9 Å². The number of hydrogen-bond acceptors (Lipinski definition) is 2. The number of carboxylic acid groups (broad SMARTS) is 1. The van der Waals surface area contributed by atoms with Crippen LogP contribution in [0, 0.1) is 20.8 Å². The number of aryl methyl sites for hydroxylation is 2. The quantitative estimate of drug-likeness (QED) is 0.521. The number of fused-ring (bicyclic) bond motifs is 2. The van der Waals surface area contributed by atoms with Crippen molar-refractivity contribution in [2.24, 2.45) is 0 Å². The minimum Gasteiger partial charge on any atom is -0.478 e. The van der Waals surface area contributed by atoms with Crippen LogP contribution in [0.2, 0.25) is 0 Å². The molecule has 0 bridgehead atoms. The molecule has 0 aromatic heterocycles. The summed E-state index contributed by atoms with van der Waals surface area (Å²) in [5.74, 6) is -1.41. The lowest BCUT2D eigenvalue weighted by Gasteiger charge is -2.18. The zero-order valence-electron chi connectivity index (χ0n) is 22.6. The average Bonchev–Trinajstić information content (AvgIpc) is 2.80. The van der Waals surface area contributed by atoms with Crippen molar-refractivity contribution in [2.75, 3.05) is 6.54 Å². The van der Waals surface area contributed by atoms with E-state index in [9.17, 15) is 9.90 Å². The van der Waals surface area contributed by atoms with Crippen LogP contribution in [0.25, 0.3) is 33.4 Å². The third kappa shape index (κ3) is 3.21. The zero-order valence-corrected chi connectivity index (χ0v) is 16.6. The highest BCUT2D eigenvalue weighted by Crippen LogP contribution is 2.42. The number of benzene rings is 3. The largest absolute Gasteiger partial charge is 0.478 e. The smallest absolute Gasteiger partial charge is 0.336 e. The topological polar surface area (TPSA) is 64.4 Å². The Hall–Kier alpha value is -3.40. The van der Waals surface area contributed by atoms with Crippen LogP contribution in [-0.4, -0.2) is 17.6 Å². The molecule has 0 amide bonds. The molecule has 0 unspecified atom stereocenters. The summed E-state index contributed by atoms with van der Waals surface area (Å²) in [6.07, 6.45) is 0. The van der Waals surface area contributed by atoms with Crippen LogP contribution in [0.5, 0.6) is 0 Å². The summed E-state index contributed by atoms with van der Waals surface area (Å²) < 4.78 is 56.7. The van der Waals surface area contributed by atoms with Gasteiger partial charge in [0.05, 0.1) is 19.8 Å². The van der Waals surface area contributed by atoms with E-state index in [0.29, 0.717) is 34.0 Å². The third-order valence-electron chi connectivity index (χ3n) is 4.98. The monoisotopic (exact) mass is 392 g/mol. The second-order valence-corrected chi connectivity index (χ2v) is 6.95. The van der Waals surface area contributed by atoms with Gasteiger partial charge in [-0.3, -0.25) is 0 Å². The Morgan fingerprint density at radius 2 is 1.83 bits per heavy atom. The molecule has 2 aliphatic rings. The van der Waals surface area contributed by atoms with E-state index < -0.39 is 35.7 Å². The van der Waals surface area contributed by atoms with Gasteiger partial charge in [-0.1, -0.05) is 18.1 Å². The number of rotatable bonds is 3. The van der Waals surface area contributed by atoms with Crippen molar-refractivity contribution in [1.82, 2.24) is 0 Å². The van der Waals surface area contributed by atoms with Crippen LogP contribution >= 0.6 is 0 Å². The molecule has 4 nitrogen and oxygen atoms in total. The Balaban J connectivity index is 2.42. The maximum Gasteiger partial charge on any atom is 0.336 e. The van der Waals surface area contributed by atoms with Crippen LogP contribution < -0.4 is 10.3 Å². The lowest BCUT2D eigenvalue weighted by Crippen LogP contribution is -2.76. The van der Waals surface area contributed by atoms with Crippen LogP contribution in [0.3, 0.4) is 0 Å². The van der Waals surface area contributed by atoms with Gasteiger partial charge in [0.15, 0.2) is 0 Å². The van der Waals surface area contributed by atoms with E-state index in [1.807, 2.05) is 6.92 Å². The van der Waals surface area contributed by atoms with Crippen LogP contribution in [-0.2, 0) is 0 Å². The Morgan fingerprint density at radius 1 is 1.07 bits per heavy atom. The zero-order chi connectivity index (χ0) is 25.9. The van der Waals surface area contributed by atoms with Gasteiger partial charge in [-0.05, 0) is 68.6 Å². The fraction of sp³-hybridized carbons (Fsp3) is 0.200. The number of hydrogen-bond donors (Lipinski definition) is 2. The molecule has 4 rings (SSSR count). The highest BCUT2D eigenvalue weighted by molar-refractivity contribution is 6.07. The van der Waals surface area contributed by atoms with Crippen molar-refractivity contribution in [3.8, 4) is 22.5 Å². The van der Waals surface area contributed by atoms with Crippen LogP contribution in [0.1, 0.15) is 42.2 Å². The normalized spacial score (nSPS) is 15.0. The molecule has 0 saturated carbocycles. The van der Waals surface area contributed by atoms with E-state index >= 15 is 0 Å². The van der Waals surface area contributed by atoms with Gasteiger partial charge in [0, 0.05) is 22.1 Å². The molecule has 2 aromatic rings. The maximum atomic E-state index is 12.3. The van der Waals surface area contributed by atoms with Gasteiger partial charge in [0.25, 0.3) is 0 Å². The lowest BCUT2D eigenvalue weighted by molar-refractivity contribution is -0.496. The Morgan fingerprint density at radius 3 is 2.55 bits per heavy atom. The summed E-state index contributed by atoms with van der Waals surface area (Å²) in [4.78, 5) is 15.4. The minimum absolute atomic E-state index is 0.0142. The van der Waals surface area contributed by atoms with Gasteiger partial charge in [-0.15, -0.1) is 0 Å². The fourth-order valence-electron chi connectivity index (χ4n) is 3.43. The van der Waals surface area contributed by atoms with E-state index in [0.717, 1.165) is 5.56 Å². The highest BCUT2D eigenvalue weighted by atomic mass is 16.4. The molecular weight excluding hydrogens is 362 g/mol. The fourth-order valence-corrected chi connectivity index (χ4v) is 3.43. The number of aromatic carboxylic acids is 1. The first kappa shape index (κ1) is 12.9.